The van der Waals surface area contributed by atoms with Gasteiger partial charge in [0.05, 0.1) is 6.26 Å². The summed E-state index contributed by atoms with van der Waals surface area (Å²) in [6.07, 6.45) is 1.93. The lowest BCUT2D eigenvalue weighted by Crippen LogP contribution is -2.36. The summed E-state index contributed by atoms with van der Waals surface area (Å²) in [6.45, 7) is 6.36. The lowest BCUT2D eigenvalue weighted by molar-refractivity contribution is -0.133. The molecule has 2 rings (SSSR count). The number of amides is 2. The van der Waals surface area contributed by atoms with Gasteiger partial charge < -0.3 is 19.5 Å². The summed E-state index contributed by atoms with van der Waals surface area (Å²) >= 11 is 0. The molecule has 0 spiro atoms. The number of nitrogens with zero attached hydrogens (tertiary/aromatic N) is 2. The molecule has 6 heteroatoms. The first-order chi connectivity index (χ1) is 12.3. The van der Waals surface area contributed by atoms with Crippen LogP contribution in [0.4, 0.5) is 11.4 Å². The summed E-state index contributed by atoms with van der Waals surface area (Å²) in [5.41, 5.74) is 2.65. The number of benzene rings is 1. The van der Waals surface area contributed by atoms with Crippen LogP contribution in [0.5, 0.6) is 0 Å². The first-order valence-electron chi connectivity index (χ1n) is 8.78. The fourth-order valence-electron chi connectivity index (χ4n) is 2.77. The number of hydrogen-bond acceptors (Lipinski definition) is 4. The van der Waals surface area contributed by atoms with Gasteiger partial charge in [0, 0.05) is 44.5 Å². The number of carbonyl (C=O) groups excluding carboxylic acids is 2. The summed E-state index contributed by atoms with van der Waals surface area (Å²) in [5, 5.41) is 2.84. The molecule has 0 atom stereocenters. The molecule has 0 fully saturated rings. The average molecular weight is 357 g/mol. The van der Waals surface area contributed by atoms with Crippen molar-refractivity contribution in [3.8, 4) is 0 Å². The molecule has 1 N–H and O–H groups in total. The largest absolute Gasteiger partial charge is 0.459 e. The van der Waals surface area contributed by atoms with Gasteiger partial charge in [0.2, 0.25) is 5.91 Å². The Morgan fingerprint density at radius 3 is 2.46 bits per heavy atom. The maximum Gasteiger partial charge on any atom is 0.291 e. The second kappa shape index (κ2) is 8.56. The minimum Gasteiger partial charge on any atom is -0.459 e. The molecule has 2 amide bonds. The zero-order chi connectivity index (χ0) is 19.3. The van der Waals surface area contributed by atoms with Gasteiger partial charge in [-0.25, -0.2) is 0 Å². The molecule has 2 aromatic rings. The third-order valence-corrected chi connectivity index (χ3v) is 4.15. The Labute approximate surface area is 154 Å². The van der Waals surface area contributed by atoms with Gasteiger partial charge in [-0.15, -0.1) is 0 Å². The van der Waals surface area contributed by atoms with Crippen LogP contribution in [0.25, 0.3) is 0 Å². The van der Waals surface area contributed by atoms with E-state index < -0.39 is 0 Å². The lowest BCUT2D eigenvalue weighted by atomic mass is 10.1. The van der Waals surface area contributed by atoms with Crippen LogP contribution in [-0.2, 0) is 11.3 Å². The number of hydrogen-bond donors (Lipinski definition) is 1. The van der Waals surface area contributed by atoms with E-state index in [0.29, 0.717) is 18.7 Å². The highest BCUT2D eigenvalue weighted by atomic mass is 16.3. The summed E-state index contributed by atoms with van der Waals surface area (Å²) < 4.78 is 5.13. The van der Waals surface area contributed by atoms with Crippen LogP contribution < -0.4 is 10.2 Å². The highest BCUT2D eigenvalue weighted by Gasteiger charge is 2.19. The van der Waals surface area contributed by atoms with Crippen molar-refractivity contribution >= 4 is 23.2 Å². The molecule has 0 aliphatic carbocycles. The maximum atomic E-state index is 12.3. The lowest BCUT2D eigenvalue weighted by Gasteiger charge is -2.29. The third-order valence-electron chi connectivity index (χ3n) is 4.15. The van der Waals surface area contributed by atoms with E-state index in [4.69, 9.17) is 4.42 Å². The molecule has 1 heterocycles. The van der Waals surface area contributed by atoms with Gasteiger partial charge in [-0.3, -0.25) is 9.59 Å². The minimum absolute atomic E-state index is 0.0961. The van der Waals surface area contributed by atoms with E-state index >= 15 is 0 Å². The molecule has 0 saturated carbocycles. The topological polar surface area (TPSA) is 65.8 Å². The highest BCUT2D eigenvalue weighted by Crippen LogP contribution is 2.26. The van der Waals surface area contributed by atoms with Crippen molar-refractivity contribution in [2.75, 3.05) is 24.3 Å². The van der Waals surface area contributed by atoms with Crippen LogP contribution in [0.3, 0.4) is 0 Å². The number of furan rings is 1. The zero-order valence-electron chi connectivity index (χ0n) is 16.1. The van der Waals surface area contributed by atoms with Crippen molar-refractivity contribution in [3.05, 3.63) is 47.9 Å². The SMILES string of the molecule is CCC(=O)N(Cc1cc(NC(=O)c2ccco2)ccc1N(C)C)C(C)C. The van der Waals surface area contributed by atoms with Gasteiger partial charge in [-0.05, 0) is 49.7 Å². The fraction of sp³-hybridized carbons (Fsp3) is 0.400. The number of rotatable bonds is 7. The summed E-state index contributed by atoms with van der Waals surface area (Å²) in [6, 6.07) is 9.09. The zero-order valence-corrected chi connectivity index (χ0v) is 16.1. The van der Waals surface area contributed by atoms with Crippen molar-refractivity contribution in [1.29, 1.82) is 0 Å². The molecule has 0 saturated heterocycles. The van der Waals surface area contributed by atoms with Gasteiger partial charge in [0.1, 0.15) is 0 Å². The fourth-order valence-corrected chi connectivity index (χ4v) is 2.77. The Hall–Kier alpha value is -2.76. The van der Waals surface area contributed by atoms with Crippen LogP contribution in [0.15, 0.2) is 41.0 Å². The molecule has 1 aromatic heterocycles. The summed E-state index contributed by atoms with van der Waals surface area (Å²) in [5.74, 6) is 0.0619. The van der Waals surface area contributed by atoms with Crippen molar-refractivity contribution in [2.45, 2.75) is 39.8 Å². The van der Waals surface area contributed by atoms with Gasteiger partial charge in [-0.2, -0.15) is 0 Å². The Balaban J connectivity index is 2.30. The third kappa shape index (κ3) is 4.65. The first kappa shape index (κ1) is 19.6. The Morgan fingerprint density at radius 1 is 1.19 bits per heavy atom. The normalized spacial score (nSPS) is 10.7. The second-order valence-corrected chi connectivity index (χ2v) is 6.64. The van der Waals surface area contributed by atoms with Crippen LogP contribution in [0.1, 0.15) is 43.3 Å². The quantitative estimate of drug-likeness (QED) is 0.820. The van der Waals surface area contributed by atoms with Crippen LogP contribution >= 0.6 is 0 Å². The maximum absolute atomic E-state index is 12.3. The summed E-state index contributed by atoms with van der Waals surface area (Å²) in [7, 11) is 3.92. The van der Waals surface area contributed by atoms with Gasteiger partial charge in [0.15, 0.2) is 5.76 Å². The Morgan fingerprint density at radius 2 is 1.92 bits per heavy atom. The van der Waals surface area contributed by atoms with E-state index in [0.717, 1.165) is 11.3 Å². The standard InChI is InChI=1S/C20H27N3O3/c1-6-19(24)23(14(2)3)13-15-12-16(9-10-17(15)22(4)5)21-20(25)18-8-7-11-26-18/h7-12,14H,6,13H2,1-5H3,(H,21,25). The molecule has 140 valence electrons. The molecule has 0 bridgehead atoms. The number of carbonyl (C=O) groups is 2. The smallest absolute Gasteiger partial charge is 0.291 e. The molecule has 0 aliphatic heterocycles. The van der Waals surface area contributed by atoms with E-state index in [1.54, 1.807) is 12.1 Å². The van der Waals surface area contributed by atoms with Crippen LogP contribution in [0.2, 0.25) is 0 Å². The highest BCUT2D eigenvalue weighted by molar-refractivity contribution is 6.02. The van der Waals surface area contributed by atoms with Gasteiger partial charge in [-0.1, -0.05) is 6.92 Å². The Kier molecular flexibility index (Phi) is 6.44. The van der Waals surface area contributed by atoms with E-state index in [-0.39, 0.29) is 23.6 Å². The van der Waals surface area contributed by atoms with Gasteiger partial charge in [0.25, 0.3) is 5.91 Å². The molecular formula is C20H27N3O3. The van der Waals surface area contributed by atoms with Crippen molar-refractivity contribution in [3.63, 3.8) is 0 Å². The van der Waals surface area contributed by atoms with Crippen LogP contribution in [0, 0.1) is 0 Å². The van der Waals surface area contributed by atoms with Gasteiger partial charge >= 0.3 is 0 Å². The van der Waals surface area contributed by atoms with Crippen molar-refractivity contribution < 1.29 is 14.0 Å². The molecular weight excluding hydrogens is 330 g/mol. The number of anilines is 2. The molecule has 0 aliphatic rings. The molecule has 26 heavy (non-hydrogen) atoms. The minimum atomic E-state index is -0.302. The van der Waals surface area contributed by atoms with E-state index in [1.807, 2.05) is 62.9 Å². The molecule has 0 unspecified atom stereocenters. The predicted octanol–water partition coefficient (Wildman–Crippen LogP) is 3.74. The van der Waals surface area contributed by atoms with Crippen molar-refractivity contribution in [1.82, 2.24) is 4.90 Å². The number of nitrogens with one attached hydrogen (secondary N) is 1. The first-order valence-corrected chi connectivity index (χ1v) is 8.78. The van der Waals surface area contributed by atoms with E-state index in [1.165, 1.54) is 6.26 Å². The van der Waals surface area contributed by atoms with Crippen LogP contribution in [-0.4, -0.2) is 36.9 Å². The molecule has 1 aromatic carbocycles. The molecule has 0 radical (unpaired) electrons. The molecule has 6 nitrogen and oxygen atoms in total. The van der Waals surface area contributed by atoms with Crippen molar-refractivity contribution in [2.24, 2.45) is 0 Å². The predicted molar refractivity (Wildman–Crippen MR) is 103 cm³/mol. The monoisotopic (exact) mass is 357 g/mol. The summed E-state index contributed by atoms with van der Waals surface area (Å²) in [4.78, 5) is 28.3. The van der Waals surface area contributed by atoms with E-state index in [2.05, 4.69) is 5.32 Å². The van der Waals surface area contributed by atoms with E-state index in [9.17, 15) is 9.59 Å². The average Bonchev–Trinajstić information content (AvgIpc) is 3.13. The Bertz CT molecular complexity index is 752. The second-order valence-electron chi connectivity index (χ2n) is 6.64.